The van der Waals surface area contributed by atoms with E-state index in [4.69, 9.17) is 4.74 Å². The Hall–Kier alpha value is -1.43. The molecular formula is C8H6BrNO4. The number of rotatable bonds is 3. The first kappa shape index (κ1) is 10.6. The molecule has 0 saturated carbocycles. The molecule has 1 rings (SSSR count). The van der Waals surface area contributed by atoms with Gasteiger partial charge in [0.1, 0.15) is 5.75 Å². The fourth-order valence-electron chi connectivity index (χ4n) is 0.968. The Morgan fingerprint density at radius 1 is 1.57 bits per heavy atom. The molecule has 0 N–H and O–H groups in total. The van der Waals surface area contributed by atoms with Crippen molar-refractivity contribution in [2.75, 3.05) is 7.11 Å². The summed E-state index contributed by atoms with van der Waals surface area (Å²) < 4.78 is 5.19. The van der Waals surface area contributed by atoms with Crippen LogP contribution in [0.5, 0.6) is 5.75 Å². The molecule has 0 amide bonds. The highest BCUT2D eigenvalue weighted by atomic mass is 79.9. The lowest BCUT2D eigenvalue weighted by Gasteiger charge is -2.04. The second kappa shape index (κ2) is 4.19. The zero-order chi connectivity index (χ0) is 10.7. The van der Waals surface area contributed by atoms with Gasteiger partial charge in [0.25, 0.3) is 5.69 Å². The summed E-state index contributed by atoms with van der Waals surface area (Å²) in [5.41, 5.74) is 0.137. The van der Waals surface area contributed by atoms with Crippen LogP contribution in [0.2, 0.25) is 0 Å². The van der Waals surface area contributed by atoms with Crippen molar-refractivity contribution in [3.05, 3.63) is 32.3 Å². The van der Waals surface area contributed by atoms with E-state index in [-0.39, 0.29) is 17.0 Å². The van der Waals surface area contributed by atoms with E-state index in [2.05, 4.69) is 15.9 Å². The third kappa shape index (κ3) is 1.90. The lowest BCUT2D eigenvalue weighted by molar-refractivity contribution is -0.385. The van der Waals surface area contributed by atoms with Crippen LogP contribution in [0.1, 0.15) is 10.4 Å². The fraction of sp³-hybridized carbons (Fsp3) is 0.125. The largest absolute Gasteiger partial charge is 0.496 e. The number of hydrogen-bond acceptors (Lipinski definition) is 4. The minimum atomic E-state index is -0.554. The maximum Gasteiger partial charge on any atom is 0.274 e. The second-order valence-corrected chi connectivity index (χ2v) is 3.27. The Morgan fingerprint density at radius 2 is 2.21 bits per heavy atom. The summed E-state index contributed by atoms with van der Waals surface area (Å²) in [6.07, 6.45) is 0.576. The van der Waals surface area contributed by atoms with Gasteiger partial charge in [0.2, 0.25) is 0 Å². The van der Waals surface area contributed by atoms with Crippen molar-refractivity contribution in [3.63, 3.8) is 0 Å². The van der Waals surface area contributed by atoms with Crippen LogP contribution >= 0.6 is 15.9 Å². The number of aldehydes is 1. The summed E-state index contributed by atoms with van der Waals surface area (Å²) in [4.78, 5) is 20.5. The Kier molecular flexibility index (Phi) is 3.19. The molecule has 0 radical (unpaired) electrons. The van der Waals surface area contributed by atoms with Gasteiger partial charge in [-0.1, -0.05) is 0 Å². The van der Waals surface area contributed by atoms with Gasteiger partial charge in [-0.2, -0.15) is 0 Å². The van der Waals surface area contributed by atoms with Gasteiger partial charge in [-0.25, -0.2) is 0 Å². The van der Waals surface area contributed by atoms with Gasteiger partial charge >= 0.3 is 0 Å². The lowest BCUT2D eigenvalue weighted by atomic mass is 10.2. The van der Waals surface area contributed by atoms with Crippen LogP contribution in [-0.2, 0) is 0 Å². The molecule has 1 aromatic rings. The van der Waals surface area contributed by atoms with E-state index in [1.165, 1.54) is 19.2 Å². The predicted octanol–water partition coefficient (Wildman–Crippen LogP) is 2.18. The zero-order valence-corrected chi connectivity index (χ0v) is 8.78. The number of carbonyl (C=O) groups excluding carboxylic acids is 1. The molecular weight excluding hydrogens is 254 g/mol. The van der Waals surface area contributed by atoms with Crippen LogP contribution in [0.3, 0.4) is 0 Å². The monoisotopic (exact) mass is 259 g/mol. The Balaban J connectivity index is 3.38. The fourth-order valence-corrected chi connectivity index (χ4v) is 1.49. The number of nitro groups is 1. The predicted molar refractivity (Wildman–Crippen MR) is 52.7 cm³/mol. The van der Waals surface area contributed by atoms with E-state index in [1.54, 1.807) is 0 Å². The SMILES string of the molecule is COc1cc([N+](=O)[O-])cc(Br)c1C=O. The summed E-state index contributed by atoms with van der Waals surface area (Å²) in [6.45, 7) is 0. The van der Waals surface area contributed by atoms with Crippen LogP contribution in [0, 0.1) is 10.1 Å². The molecule has 0 aliphatic heterocycles. The van der Waals surface area contributed by atoms with E-state index in [1.807, 2.05) is 0 Å². The number of non-ortho nitro benzene ring substituents is 1. The van der Waals surface area contributed by atoms with Gasteiger partial charge in [0.15, 0.2) is 6.29 Å². The Bertz CT molecular complexity index is 391. The molecule has 0 fully saturated rings. The highest BCUT2D eigenvalue weighted by Gasteiger charge is 2.14. The van der Waals surface area contributed by atoms with Crippen LogP contribution in [-0.4, -0.2) is 18.3 Å². The van der Waals surface area contributed by atoms with E-state index >= 15 is 0 Å². The molecule has 0 atom stereocenters. The van der Waals surface area contributed by atoms with Gasteiger partial charge in [-0.3, -0.25) is 14.9 Å². The van der Waals surface area contributed by atoms with Crippen molar-refractivity contribution < 1.29 is 14.5 Å². The molecule has 14 heavy (non-hydrogen) atoms. The minimum Gasteiger partial charge on any atom is -0.496 e. The first-order valence-electron chi connectivity index (χ1n) is 3.57. The molecule has 0 spiro atoms. The molecule has 0 aliphatic carbocycles. The standard InChI is InChI=1S/C8H6BrNO4/c1-14-8-3-5(10(12)13)2-7(9)6(8)4-11/h2-4H,1H3. The molecule has 6 heteroatoms. The smallest absolute Gasteiger partial charge is 0.274 e. The van der Waals surface area contributed by atoms with Crippen LogP contribution < -0.4 is 4.74 Å². The van der Waals surface area contributed by atoms with Gasteiger partial charge in [-0.15, -0.1) is 0 Å². The summed E-state index contributed by atoms with van der Waals surface area (Å²) in [7, 11) is 1.35. The normalized spacial score (nSPS) is 9.57. The van der Waals surface area contributed by atoms with E-state index < -0.39 is 4.92 Å². The molecule has 0 aromatic heterocycles. The highest BCUT2D eigenvalue weighted by Crippen LogP contribution is 2.30. The highest BCUT2D eigenvalue weighted by molar-refractivity contribution is 9.10. The molecule has 0 bridgehead atoms. The van der Waals surface area contributed by atoms with Crippen LogP contribution in [0.15, 0.2) is 16.6 Å². The quantitative estimate of drug-likeness (QED) is 0.474. The molecule has 0 unspecified atom stereocenters. The molecule has 0 heterocycles. The first-order chi connectivity index (χ1) is 6.60. The summed E-state index contributed by atoms with van der Waals surface area (Å²) in [5, 5.41) is 10.5. The Morgan fingerprint density at radius 3 is 2.64 bits per heavy atom. The van der Waals surface area contributed by atoms with Gasteiger partial charge in [0, 0.05) is 10.5 Å². The van der Waals surface area contributed by atoms with E-state index in [0.717, 1.165) is 0 Å². The van der Waals surface area contributed by atoms with Gasteiger partial charge in [0.05, 0.1) is 23.7 Å². The number of benzene rings is 1. The Labute approximate surface area is 88.0 Å². The number of halogens is 1. The average Bonchev–Trinajstić information content (AvgIpc) is 2.16. The second-order valence-electron chi connectivity index (χ2n) is 2.42. The molecule has 74 valence electrons. The maximum absolute atomic E-state index is 10.6. The van der Waals surface area contributed by atoms with Crippen molar-refractivity contribution >= 4 is 27.9 Å². The number of ether oxygens (including phenoxy) is 1. The van der Waals surface area contributed by atoms with E-state index in [0.29, 0.717) is 10.8 Å². The molecule has 0 aliphatic rings. The van der Waals surface area contributed by atoms with Crippen molar-refractivity contribution in [2.45, 2.75) is 0 Å². The van der Waals surface area contributed by atoms with Crippen molar-refractivity contribution in [2.24, 2.45) is 0 Å². The molecule has 1 aromatic carbocycles. The summed E-state index contributed by atoms with van der Waals surface area (Å²) in [5.74, 6) is 0.182. The lowest BCUT2D eigenvalue weighted by Crippen LogP contribution is -1.95. The van der Waals surface area contributed by atoms with Gasteiger partial charge in [-0.05, 0) is 15.9 Å². The number of nitro benzene ring substituents is 1. The summed E-state index contributed by atoms with van der Waals surface area (Å²) >= 11 is 3.05. The topological polar surface area (TPSA) is 69.4 Å². The maximum atomic E-state index is 10.6. The number of methoxy groups -OCH3 is 1. The van der Waals surface area contributed by atoms with Crippen LogP contribution in [0.25, 0.3) is 0 Å². The zero-order valence-electron chi connectivity index (χ0n) is 7.19. The average molecular weight is 260 g/mol. The molecule has 0 saturated heterocycles. The third-order valence-corrected chi connectivity index (χ3v) is 2.28. The van der Waals surface area contributed by atoms with Crippen molar-refractivity contribution in [1.29, 1.82) is 0 Å². The summed E-state index contributed by atoms with van der Waals surface area (Å²) in [6, 6.07) is 2.46. The minimum absolute atomic E-state index is 0.126. The van der Waals surface area contributed by atoms with E-state index in [9.17, 15) is 14.9 Å². The number of carbonyl (C=O) groups is 1. The first-order valence-corrected chi connectivity index (χ1v) is 4.36. The van der Waals surface area contributed by atoms with Crippen LogP contribution in [0.4, 0.5) is 5.69 Å². The van der Waals surface area contributed by atoms with Crippen molar-refractivity contribution in [1.82, 2.24) is 0 Å². The third-order valence-electron chi connectivity index (χ3n) is 1.62. The molecule has 5 nitrogen and oxygen atoms in total. The van der Waals surface area contributed by atoms with Gasteiger partial charge < -0.3 is 4.74 Å². The van der Waals surface area contributed by atoms with Crippen molar-refractivity contribution in [3.8, 4) is 5.75 Å². The number of hydrogen-bond donors (Lipinski definition) is 0. The number of nitrogens with zero attached hydrogens (tertiary/aromatic N) is 1.